The topological polar surface area (TPSA) is 95.1 Å². The van der Waals surface area contributed by atoms with Gasteiger partial charge in [0.25, 0.3) is 0 Å². The Morgan fingerprint density at radius 3 is 2.77 bits per heavy atom. The number of fused-ring (bicyclic) bond motifs is 1. The highest BCUT2D eigenvalue weighted by molar-refractivity contribution is 5.78. The van der Waals surface area contributed by atoms with Gasteiger partial charge in [0.15, 0.2) is 6.10 Å². The molecule has 4 aromatic rings. The lowest BCUT2D eigenvalue weighted by atomic mass is 10.1. The van der Waals surface area contributed by atoms with E-state index in [0.29, 0.717) is 24.7 Å². The van der Waals surface area contributed by atoms with Gasteiger partial charge in [0, 0.05) is 38.4 Å². The average Bonchev–Trinajstić information content (AvgIpc) is 3.44. The standard InChI is InChI=1S/C23H25N5O3/c1-30-22(17-8-3-2-4-9-17)23-27-26-21(31-23)13-12-20(29)24-14-7-15-28-19-11-6-5-10-18(19)16-25-28/h2-6,8-11,16,22H,7,12-15H2,1H3,(H,24,29)/t22-/m0/s1. The van der Waals surface area contributed by atoms with Gasteiger partial charge >= 0.3 is 0 Å². The fourth-order valence-corrected chi connectivity index (χ4v) is 3.45. The van der Waals surface area contributed by atoms with E-state index in [4.69, 9.17) is 9.15 Å². The monoisotopic (exact) mass is 419 g/mol. The molecule has 1 atom stereocenters. The first kappa shape index (κ1) is 20.7. The summed E-state index contributed by atoms with van der Waals surface area (Å²) in [5.41, 5.74) is 2.04. The number of methoxy groups -OCH3 is 1. The number of aromatic nitrogens is 4. The summed E-state index contributed by atoms with van der Waals surface area (Å²) in [5.74, 6) is 0.762. The minimum Gasteiger partial charge on any atom is -0.422 e. The Balaban J connectivity index is 1.21. The van der Waals surface area contributed by atoms with Crippen LogP contribution in [0.15, 0.2) is 65.2 Å². The highest BCUT2D eigenvalue weighted by Gasteiger charge is 2.20. The SMILES string of the molecule is CO[C@@H](c1ccccc1)c1nnc(CCC(=O)NCCCn2ncc3ccccc32)o1. The average molecular weight is 419 g/mol. The number of ether oxygens (including phenoxy) is 1. The van der Waals surface area contributed by atoms with E-state index < -0.39 is 6.10 Å². The largest absolute Gasteiger partial charge is 0.422 e. The summed E-state index contributed by atoms with van der Waals surface area (Å²) in [5, 5.41) is 16.6. The Morgan fingerprint density at radius 2 is 1.94 bits per heavy atom. The van der Waals surface area contributed by atoms with Gasteiger partial charge < -0.3 is 14.5 Å². The van der Waals surface area contributed by atoms with E-state index in [0.717, 1.165) is 29.4 Å². The number of nitrogens with one attached hydrogen (secondary N) is 1. The number of aryl methyl sites for hydroxylation is 2. The minimum atomic E-state index is -0.422. The lowest BCUT2D eigenvalue weighted by molar-refractivity contribution is -0.121. The number of amides is 1. The summed E-state index contributed by atoms with van der Waals surface area (Å²) in [6.07, 6.45) is 2.91. The number of nitrogens with zero attached hydrogens (tertiary/aromatic N) is 4. The van der Waals surface area contributed by atoms with Crippen LogP contribution in [-0.2, 0) is 22.5 Å². The van der Waals surface area contributed by atoms with Gasteiger partial charge in [0.2, 0.25) is 17.7 Å². The van der Waals surface area contributed by atoms with E-state index >= 15 is 0 Å². The van der Waals surface area contributed by atoms with Crippen LogP contribution in [0.3, 0.4) is 0 Å². The molecule has 8 heteroatoms. The first-order valence-electron chi connectivity index (χ1n) is 10.3. The number of hydrogen-bond acceptors (Lipinski definition) is 6. The summed E-state index contributed by atoms with van der Waals surface area (Å²) in [4.78, 5) is 12.2. The molecule has 0 radical (unpaired) electrons. The predicted molar refractivity (Wildman–Crippen MR) is 115 cm³/mol. The molecule has 0 bridgehead atoms. The van der Waals surface area contributed by atoms with Crippen LogP contribution in [0.25, 0.3) is 10.9 Å². The van der Waals surface area contributed by atoms with Crippen LogP contribution < -0.4 is 5.32 Å². The maximum atomic E-state index is 12.2. The fraction of sp³-hybridized carbons (Fsp3) is 0.304. The zero-order valence-corrected chi connectivity index (χ0v) is 17.4. The van der Waals surface area contributed by atoms with Gasteiger partial charge in [-0.1, -0.05) is 48.5 Å². The van der Waals surface area contributed by atoms with Gasteiger partial charge in [-0.2, -0.15) is 5.10 Å². The highest BCUT2D eigenvalue weighted by Crippen LogP contribution is 2.24. The molecule has 2 aromatic heterocycles. The first-order valence-corrected chi connectivity index (χ1v) is 10.3. The normalized spacial score (nSPS) is 12.2. The van der Waals surface area contributed by atoms with E-state index in [9.17, 15) is 4.79 Å². The lowest BCUT2D eigenvalue weighted by Crippen LogP contribution is -2.25. The quantitative estimate of drug-likeness (QED) is 0.396. The van der Waals surface area contributed by atoms with Crippen molar-refractivity contribution in [2.75, 3.05) is 13.7 Å². The third kappa shape index (κ3) is 5.16. The Kier molecular flexibility index (Phi) is 6.68. The van der Waals surface area contributed by atoms with Crippen molar-refractivity contribution in [2.24, 2.45) is 0 Å². The number of para-hydroxylation sites is 1. The van der Waals surface area contributed by atoms with E-state index in [1.807, 2.05) is 65.5 Å². The Morgan fingerprint density at radius 1 is 1.13 bits per heavy atom. The summed E-state index contributed by atoms with van der Waals surface area (Å²) in [6, 6.07) is 17.8. The van der Waals surface area contributed by atoms with Crippen molar-refractivity contribution < 1.29 is 13.9 Å². The first-order chi connectivity index (χ1) is 15.2. The van der Waals surface area contributed by atoms with Crippen LogP contribution in [0.1, 0.15) is 36.3 Å². The van der Waals surface area contributed by atoms with E-state index in [2.05, 4.69) is 20.6 Å². The number of hydrogen-bond donors (Lipinski definition) is 1. The molecule has 0 saturated heterocycles. The van der Waals surface area contributed by atoms with Crippen LogP contribution in [-0.4, -0.2) is 39.5 Å². The predicted octanol–water partition coefficient (Wildman–Crippen LogP) is 3.29. The van der Waals surface area contributed by atoms with Crippen LogP contribution in [0.2, 0.25) is 0 Å². The zero-order chi connectivity index (χ0) is 21.5. The van der Waals surface area contributed by atoms with Gasteiger partial charge in [-0.15, -0.1) is 10.2 Å². The minimum absolute atomic E-state index is 0.0450. The molecule has 2 aromatic carbocycles. The van der Waals surface area contributed by atoms with Gasteiger partial charge in [-0.3, -0.25) is 9.48 Å². The zero-order valence-electron chi connectivity index (χ0n) is 17.4. The van der Waals surface area contributed by atoms with Crippen LogP contribution >= 0.6 is 0 Å². The van der Waals surface area contributed by atoms with Crippen molar-refractivity contribution in [1.29, 1.82) is 0 Å². The lowest BCUT2D eigenvalue weighted by Gasteiger charge is -2.10. The third-order valence-corrected chi connectivity index (χ3v) is 5.03. The van der Waals surface area contributed by atoms with Crippen LogP contribution in [0.5, 0.6) is 0 Å². The molecule has 0 aliphatic carbocycles. The Bertz CT molecular complexity index is 1120. The van der Waals surface area contributed by atoms with Gasteiger partial charge in [-0.25, -0.2) is 0 Å². The van der Waals surface area contributed by atoms with Crippen LogP contribution in [0.4, 0.5) is 0 Å². The molecule has 0 unspecified atom stereocenters. The second-order valence-corrected chi connectivity index (χ2v) is 7.19. The summed E-state index contributed by atoms with van der Waals surface area (Å²) < 4.78 is 13.2. The molecule has 0 saturated carbocycles. The molecule has 160 valence electrons. The van der Waals surface area contributed by atoms with Crippen molar-refractivity contribution in [1.82, 2.24) is 25.3 Å². The second-order valence-electron chi connectivity index (χ2n) is 7.19. The number of carbonyl (C=O) groups is 1. The molecule has 0 fully saturated rings. The smallest absolute Gasteiger partial charge is 0.249 e. The molecule has 1 amide bonds. The van der Waals surface area contributed by atoms with E-state index in [-0.39, 0.29) is 12.3 Å². The Hall–Kier alpha value is -3.52. The van der Waals surface area contributed by atoms with Gasteiger partial charge in [0.05, 0.1) is 11.7 Å². The van der Waals surface area contributed by atoms with Crippen molar-refractivity contribution in [3.8, 4) is 0 Å². The highest BCUT2D eigenvalue weighted by atomic mass is 16.5. The number of benzene rings is 2. The molecule has 2 heterocycles. The van der Waals surface area contributed by atoms with Gasteiger partial charge in [-0.05, 0) is 18.1 Å². The summed E-state index contributed by atoms with van der Waals surface area (Å²) in [6.45, 7) is 1.33. The maximum absolute atomic E-state index is 12.2. The number of carbonyl (C=O) groups excluding carboxylic acids is 1. The second kappa shape index (κ2) is 9.99. The third-order valence-electron chi connectivity index (χ3n) is 5.03. The summed E-state index contributed by atoms with van der Waals surface area (Å²) >= 11 is 0. The van der Waals surface area contributed by atoms with Crippen molar-refractivity contribution in [3.05, 3.63) is 78.1 Å². The summed E-state index contributed by atoms with van der Waals surface area (Å²) in [7, 11) is 1.60. The van der Waals surface area contributed by atoms with Crippen molar-refractivity contribution in [3.63, 3.8) is 0 Å². The van der Waals surface area contributed by atoms with Crippen LogP contribution in [0, 0.1) is 0 Å². The Labute approximate surface area is 180 Å². The maximum Gasteiger partial charge on any atom is 0.249 e. The molecule has 0 spiro atoms. The fourth-order valence-electron chi connectivity index (χ4n) is 3.45. The molecule has 8 nitrogen and oxygen atoms in total. The van der Waals surface area contributed by atoms with E-state index in [1.165, 1.54) is 0 Å². The van der Waals surface area contributed by atoms with Gasteiger partial charge in [0.1, 0.15) is 0 Å². The number of rotatable bonds is 10. The molecular formula is C23H25N5O3. The molecule has 0 aliphatic heterocycles. The van der Waals surface area contributed by atoms with Crippen molar-refractivity contribution >= 4 is 16.8 Å². The molecule has 1 N–H and O–H groups in total. The molecule has 0 aliphatic rings. The van der Waals surface area contributed by atoms with E-state index in [1.54, 1.807) is 7.11 Å². The molecule has 31 heavy (non-hydrogen) atoms. The molecule has 4 rings (SSSR count). The van der Waals surface area contributed by atoms with Crippen molar-refractivity contribution in [2.45, 2.75) is 31.9 Å². The molecular weight excluding hydrogens is 394 g/mol.